The minimum Gasteiger partial charge on any atom is -0.598 e. The van der Waals surface area contributed by atoms with Crippen LogP contribution < -0.4 is 9.79 Å². The fraction of sp³-hybridized carbons (Fsp3) is 0.944. The molecule has 0 aromatic heterocycles. The zero-order chi connectivity index (χ0) is 16.9. The largest absolute Gasteiger partial charge is 3.00 e. The Bertz CT molecular complexity index is 196. The first-order valence-electron chi connectivity index (χ1n) is 9.25. The first-order valence-corrected chi connectivity index (χ1v) is 10.4. The Hall–Kier alpha value is 1.37. The van der Waals surface area contributed by atoms with Gasteiger partial charge in [-0.3, -0.25) is 0 Å². The Kier molecular flexibility index (Phi) is 35.7. The Morgan fingerprint density at radius 1 is 0.652 bits per heavy atom. The summed E-state index contributed by atoms with van der Waals surface area (Å²) in [6, 6.07) is 0. The van der Waals surface area contributed by atoms with Gasteiger partial charge in [0.15, 0.2) is 0 Å². The summed E-state index contributed by atoms with van der Waals surface area (Å²) in [6.07, 6.45) is 22.8. The molecule has 0 atom stereocenters. The van der Waals surface area contributed by atoms with Gasteiger partial charge < -0.3 is 16.7 Å². The zero-order valence-corrected chi connectivity index (χ0v) is 19.3. The number of hydrogen-bond acceptors (Lipinski definition) is 3. The molecule has 0 fully saturated rings. The maximum atomic E-state index is 8.48. The van der Waals surface area contributed by atoms with E-state index < -0.39 is 8.25 Å². The molecule has 23 heavy (non-hydrogen) atoms. The van der Waals surface area contributed by atoms with Crippen LogP contribution in [0.4, 0.5) is 0 Å². The number of hydrogen-bond donors (Lipinski definition) is 0. The van der Waals surface area contributed by atoms with Gasteiger partial charge in [-0.15, -0.1) is 0 Å². The molecule has 0 saturated carbocycles. The molecule has 0 aromatic rings. The van der Waals surface area contributed by atoms with Gasteiger partial charge in [0, 0.05) is 0 Å². The van der Waals surface area contributed by atoms with E-state index in [0.29, 0.717) is 0 Å². The van der Waals surface area contributed by atoms with Crippen LogP contribution in [0.25, 0.3) is 0 Å². The number of rotatable bonds is 15. The molecule has 5 heteroatoms. The van der Waals surface area contributed by atoms with E-state index >= 15 is 0 Å². The van der Waals surface area contributed by atoms with E-state index in [0.717, 1.165) is 6.42 Å². The van der Waals surface area contributed by atoms with Gasteiger partial charge >= 0.3 is 40.8 Å². The van der Waals surface area contributed by atoms with Crippen molar-refractivity contribution >= 4 is 8.25 Å². The molecule has 0 saturated heterocycles. The van der Waals surface area contributed by atoms with Crippen LogP contribution in [0, 0.1) is 47.8 Å². The Morgan fingerprint density at radius 2 is 0.870 bits per heavy atom. The van der Waals surface area contributed by atoms with Crippen LogP contribution in [0.3, 0.4) is 0 Å². The van der Waals surface area contributed by atoms with Gasteiger partial charge in [-0.25, -0.2) is 0 Å². The summed E-state index contributed by atoms with van der Waals surface area (Å²) in [5, 5.41) is 0. The van der Waals surface area contributed by atoms with Crippen molar-refractivity contribution in [1.82, 2.24) is 0 Å². The molecule has 135 valence electrons. The van der Waals surface area contributed by atoms with Crippen molar-refractivity contribution in [1.29, 1.82) is 0 Å². The van der Waals surface area contributed by atoms with Crippen LogP contribution in [0.15, 0.2) is 0 Å². The third kappa shape index (κ3) is 39.8. The van der Waals surface area contributed by atoms with Gasteiger partial charge in [0.2, 0.25) is 0 Å². The van der Waals surface area contributed by atoms with Crippen LogP contribution in [0.5, 0.6) is 0 Å². The molecule has 0 aromatic carbocycles. The summed E-state index contributed by atoms with van der Waals surface area (Å²) in [5.41, 5.74) is 0. The predicted octanol–water partition coefficient (Wildman–Crippen LogP) is 5.45. The fourth-order valence-corrected chi connectivity index (χ4v) is 2.55. The van der Waals surface area contributed by atoms with Crippen LogP contribution >= 0.6 is 8.25 Å². The molecule has 0 aliphatic heterocycles. The molecule has 0 bridgehead atoms. The Morgan fingerprint density at radius 3 is 1.09 bits per heavy atom. The quantitative estimate of drug-likeness (QED) is 0.179. The van der Waals surface area contributed by atoms with Gasteiger partial charge in [-0.05, 0) is 0 Å². The second-order valence-corrected chi connectivity index (χ2v) is 6.47. The Balaban J connectivity index is -0.000000712. The molecular formula is C18H37NdO3P+. The standard InChI is InChI=1S/C18H37.Nd.HO3P/c1-3-5-7-9-11-13-15-17-18-16-14-12-10-8-6-4-2;;1-4(2)3/h1,3-18H2,2H3;;(H,1,2,3)/q-1;+3;/p-1. The molecule has 0 aliphatic rings. The van der Waals surface area contributed by atoms with Crippen molar-refractivity contribution in [3.63, 3.8) is 0 Å². The molecule has 0 heterocycles. The molecule has 0 rings (SSSR count). The summed E-state index contributed by atoms with van der Waals surface area (Å²) >= 11 is 0. The second-order valence-electron chi connectivity index (χ2n) is 6.03. The molecule has 0 unspecified atom stereocenters. The minimum atomic E-state index is -3.37. The van der Waals surface area contributed by atoms with Crippen LogP contribution in [-0.2, 0) is 4.57 Å². The van der Waals surface area contributed by atoms with E-state index in [1.807, 2.05) is 0 Å². The fourth-order valence-electron chi connectivity index (χ4n) is 2.55. The normalized spacial score (nSPS) is 9.74. The molecule has 0 aliphatic carbocycles. The molecule has 0 spiro atoms. The monoisotopic (exact) mass is 474 g/mol. The first-order chi connectivity index (χ1) is 10.6. The Labute approximate surface area is 178 Å². The summed E-state index contributed by atoms with van der Waals surface area (Å²) in [7, 11) is -3.37. The van der Waals surface area contributed by atoms with Gasteiger partial charge in [0.25, 0.3) is 8.25 Å². The molecule has 3 nitrogen and oxygen atoms in total. The van der Waals surface area contributed by atoms with Crippen molar-refractivity contribution in [2.75, 3.05) is 0 Å². The zero-order valence-electron chi connectivity index (χ0n) is 15.2. The third-order valence-electron chi connectivity index (χ3n) is 3.85. The average molecular weight is 477 g/mol. The van der Waals surface area contributed by atoms with Crippen LogP contribution in [0.2, 0.25) is 0 Å². The first kappa shape index (κ1) is 29.1. The van der Waals surface area contributed by atoms with Crippen molar-refractivity contribution in [3.05, 3.63) is 6.92 Å². The van der Waals surface area contributed by atoms with Crippen LogP contribution in [0.1, 0.15) is 110 Å². The summed E-state index contributed by atoms with van der Waals surface area (Å²) in [5.74, 6) is 0. The average Bonchev–Trinajstić information content (AvgIpc) is 2.47. The van der Waals surface area contributed by atoms with Crippen molar-refractivity contribution in [2.45, 2.75) is 110 Å². The van der Waals surface area contributed by atoms with Gasteiger partial charge in [0.05, 0.1) is 0 Å². The summed E-state index contributed by atoms with van der Waals surface area (Å²) in [6.45, 7) is 6.18. The topological polar surface area (TPSA) is 63.2 Å². The van der Waals surface area contributed by atoms with E-state index in [1.54, 1.807) is 0 Å². The van der Waals surface area contributed by atoms with Crippen LogP contribution in [-0.4, -0.2) is 0 Å². The smallest absolute Gasteiger partial charge is 0.598 e. The van der Waals surface area contributed by atoms with Crippen molar-refractivity contribution in [2.24, 2.45) is 0 Å². The van der Waals surface area contributed by atoms with Gasteiger partial charge in [0.1, 0.15) is 0 Å². The minimum absolute atomic E-state index is 0. The number of unbranched alkanes of at least 4 members (excludes halogenated alkanes) is 15. The SMILES string of the molecule is O=[P+]([O-])[O-].[CH2-]CCCCCCCCCCCCCCCCC.[Nd+3]. The van der Waals surface area contributed by atoms with Crippen molar-refractivity contribution in [3.8, 4) is 0 Å². The predicted molar refractivity (Wildman–Crippen MR) is 92.5 cm³/mol. The van der Waals surface area contributed by atoms with E-state index in [-0.39, 0.29) is 40.8 Å². The maximum absolute atomic E-state index is 8.48. The van der Waals surface area contributed by atoms with E-state index in [9.17, 15) is 0 Å². The molecular weight excluding hydrogens is 439 g/mol. The summed E-state index contributed by atoms with van der Waals surface area (Å²) in [4.78, 5) is 17.0. The molecule has 0 amide bonds. The van der Waals surface area contributed by atoms with E-state index in [1.165, 1.54) is 96.3 Å². The van der Waals surface area contributed by atoms with Gasteiger partial charge in [-0.1, -0.05) is 108 Å². The summed E-state index contributed by atoms with van der Waals surface area (Å²) < 4.78 is 8.48. The molecule has 1 radical (unpaired) electrons. The van der Waals surface area contributed by atoms with Crippen molar-refractivity contribution < 1.29 is 55.2 Å². The third-order valence-corrected chi connectivity index (χ3v) is 3.85. The maximum Gasteiger partial charge on any atom is 3.00 e. The van der Waals surface area contributed by atoms with Gasteiger partial charge in [-0.2, -0.15) is 6.42 Å². The van der Waals surface area contributed by atoms with E-state index in [4.69, 9.17) is 14.4 Å². The van der Waals surface area contributed by atoms with E-state index in [2.05, 4.69) is 13.8 Å². The second kappa shape index (κ2) is 28.2. The molecule has 0 N–H and O–H groups in total.